The number of rotatable bonds is 1. The van der Waals surface area contributed by atoms with Crippen LogP contribution in [-0.4, -0.2) is 17.9 Å². The number of ketones is 1. The van der Waals surface area contributed by atoms with Gasteiger partial charge in [0.15, 0.2) is 0 Å². The Hall–Kier alpha value is -0.860. The van der Waals surface area contributed by atoms with Crippen molar-refractivity contribution in [3.05, 3.63) is 0 Å². The first kappa shape index (κ1) is 8.73. The lowest BCUT2D eigenvalue weighted by molar-refractivity contribution is -0.141. The molecule has 0 aromatic rings. The Morgan fingerprint density at radius 1 is 1.54 bits per heavy atom. The van der Waals surface area contributed by atoms with Crippen LogP contribution in [0.5, 0.6) is 0 Å². The smallest absolute Gasteiger partial charge is 0.306 e. The maximum Gasteiger partial charge on any atom is 0.306 e. The van der Waals surface area contributed by atoms with Crippen molar-refractivity contribution >= 4 is 11.8 Å². The van der Waals surface area contributed by atoms with Gasteiger partial charge in [-0.15, -0.1) is 0 Å². The number of fused-ring (bicyclic) bond motifs is 1. The summed E-state index contributed by atoms with van der Waals surface area (Å²) in [5.41, 5.74) is 0. The van der Waals surface area contributed by atoms with Crippen molar-refractivity contribution in [2.75, 3.05) is 0 Å². The van der Waals surface area contributed by atoms with Gasteiger partial charge in [-0.25, -0.2) is 0 Å². The fourth-order valence-corrected chi connectivity index (χ4v) is 2.85. The molecule has 1 aliphatic heterocycles. The minimum absolute atomic E-state index is 0.0244. The van der Waals surface area contributed by atoms with E-state index in [2.05, 4.69) is 6.92 Å². The van der Waals surface area contributed by atoms with Crippen LogP contribution in [0, 0.1) is 17.8 Å². The van der Waals surface area contributed by atoms with E-state index in [0.29, 0.717) is 12.3 Å². The maximum atomic E-state index is 11.3. The summed E-state index contributed by atoms with van der Waals surface area (Å²) in [6.07, 6.45) is 1.33. The Labute approximate surface area is 77.4 Å². The Morgan fingerprint density at radius 2 is 2.23 bits per heavy atom. The molecule has 2 fully saturated rings. The highest BCUT2D eigenvalue weighted by atomic mass is 16.6. The first-order chi connectivity index (χ1) is 6.09. The van der Waals surface area contributed by atoms with Crippen LogP contribution in [0.3, 0.4) is 0 Å². The summed E-state index contributed by atoms with van der Waals surface area (Å²) in [7, 11) is 0. The van der Waals surface area contributed by atoms with Crippen molar-refractivity contribution in [2.24, 2.45) is 17.8 Å². The van der Waals surface area contributed by atoms with Crippen LogP contribution < -0.4 is 0 Å². The molecular formula is C10H14O3. The van der Waals surface area contributed by atoms with Gasteiger partial charge < -0.3 is 4.74 Å². The average Bonchev–Trinajstić information content (AvgIpc) is 2.41. The minimum Gasteiger partial charge on any atom is -0.462 e. The lowest BCUT2D eigenvalue weighted by Crippen LogP contribution is -2.22. The second kappa shape index (κ2) is 2.82. The SMILES string of the molecule is CC(=O)[C@H]1[C@H]2CC(=O)O[C@@H]2C[C@H]1C. The largest absolute Gasteiger partial charge is 0.462 e. The van der Waals surface area contributed by atoms with Crippen LogP contribution in [0.4, 0.5) is 0 Å². The summed E-state index contributed by atoms with van der Waals surface area (Å²) < 4.78 is 5.14. The topological polar surface area (TPSA) is 43.4 Å². The van der Waals surface area contributed by atoms with E-state index in [4.69, 9.17) is 4.74 Å². The van der Waals surface area contributed by atoms with E-state index in [0.717, 1.165) is 6.42 Å². The monoisotopic (exact) mass is 182 g/mol. The molecule has 0 unspecified atom stereocenters. The van der Waals surface area contributed by atoms with Gasteiger partial charge in [-0.1, -0.05) is 6.92 Å². The number of Topliss-reactive ketones (excluding diaryl/α,β-unsaturated/α-hetero) is 1. The van der Waals surface area contributed by atoms with Crippen LogP contribution in [0.25, 0.3) is 0 Å². The molecule has 72 valence electrons. The van der Waals surface area contributed by atoms with Crippen LogP contribution >= 0.6 is 0 Å². The van der Waals surface area contributed by atoms with E-state index in [1.54, 1.807) is 6.92 Å². The molecule has 1 heterocycles. The summed E-state index contributed by atoms with van der Waals surface area (Å²) in [5, 5.41) is 0. The van der Waals surface area contributed by atoms with Gasteiger partial charge in [-0.2, -0.15) is 0 Å². The number of esters is 1. The zero-order valence-electron chi connectivity index (χ0n) is 7.95. The van der Waals surface area contributed by atoms with Gasteiger partial charge in [0.25, 0.3) is 0 Å². The van der Waals surface area contributed by atoms with Gasteiger partial charge in [0.1, 0.15) is 11.9 Å². The molecule has 0 bridgehead atoms. The second-order valence-corrected chi connectivity index (χ2v) is 4.25. The zero-order valence-corrected chi connectivity index (χ0v) is 7.95. The predicted octanol–water partition coefficient (Wildman–Crippen LogP) is 1.16. The van der Waals surface area contributed by atoms with Gasteiger partial charge in [0, 0.05) is 11.8 Å². The van der Waals surface area contributed by atoms with Crippen molar-refractivity contribution < 1.29 is 14.3 Å². The van der Waals surface area contributed by atoms with Crippen molar-refractivity contribution in [1.29, 1.82) is 0 Å². The molecule has 13 heavy (non-hydrogen) atoms. The van der Waals surface area contributed by atoms with Crippen molar-refractivity contribution in [2.45, 2.75) is 32.8 Å². The molecule has 1 saturated carbocycles. The number of hydrogen-bond donors (Lipinski definition) is 0. The first-order valence-electron chi connectivity index (χ1n) is 4.79. The Kier molecular flexibility index (Phi) is 1.90. The fraction of sp³-hybridized carbons (Fsp3) is 0.800. The summed E-state index contributed by atoms with van der Waals surface area (Å²) in [5.74, 6) is 0.670. The van der Waals surface area contributed by atoms with Gasteiger partial charge in [-0.3, -0.25) is 9.59 Å². The highest BCUT2D eigenvalue weighted by Crippen LogP contribution is 2.44. The quantitative estimate of drug-likeness (QED) is 0.571. The molecule has 3 nitrogen and oxygen atoms in total. The summed E-state index contributed by atoms with van der Waals surface area (Å²) in [4.78, 5) is 22.3. The van der Waals surface area contributed by atoms with Crippen molar-refractivity contribution in [1.82, 2.24) is 0 Å². The minimum atomic E-state index is -0.131. The molecule has 4 atom stereocenters. The van der Waals surface area contributed by atoms with E-state index in [1.165, 1.54) is 0 Å². The third-order valence-electron chi connectivity index (χ3n) is 3.31. The highest BCUT2D eigenvalue weighted by molar-refractivity contribution is 5.81. The molecule has 0 spiro atoms. The second-order valence-electron chi connectivity index (χ2n) is 4.25. The van der Waals surface area contributed by atoms with Crippen LogP contribution in [0.1, 0.15) is 26.7 Å². The summed E-state index contributed by atoms with van der Waals surface area (Å²) in [6, 6.07) is 0. The van der Waals surface area contributed by atoms with E-state index < -0.39 is 0 Å². The van der Waals surface area contributed by atoms with E-state index in [9.17, 15) is 9.59 Å². The predicted molar refractivity (Wildman–Crippen MR) is 45.9 cm³/mol. The average molecular weight is 182 g/mol. The molecule has 2 rings (SSSR count). The van der Waals surface area contributed by atoms with Gasteiger partial charge >= 0.3 is 5.97 Å². The normalized spacial score (nSPS) is 43.1. The Morgan fingerprint density at radius 3 is 2.85 bits per heavy atom. The third-order valence-corrected chi connectivity index (χ3v) is 3.31. The van der Waals surface area contributed by atoms with E-state index >= 15 is 0 Å². The lowest BCUT2D eigenvalue weighted by Gasteiger charge is -2.15. The fourth-order valence-electron chi connectivity index (χ4n) is 2.85. The number of ether oxygens (including phenoxy) is 1. The van der Waals surface area contributed by atoms with Crippen molar-refractivity contribution in [3.63, 3.8) is 0 Å². The molecule has 0 N–H and O–H groups in total. The maximum absolute atomic E-state index is 11.3. The zero-order chi connectivity index (χ0) is 9.59. The van der Waals surface area contributed by atoms with E-state index in [1.807, 2.05) is 0 Å². The molecule has 0 amide bonds. The van der Waals surface area contributed by atoms with Gasteiger partial charge in [0.05, 0.1) is 6.42 Å². The molecular weight excluding hydrogens is 168 g/mol. The van der Waals surface area contributed by atoms with Gasteiger partial charge in [0.2, 0.25) is 0 Å². The summed E-state index contributed by atoms with van der Waals surface area (Å²) >= 11 is 0. The van der Waals surface area contributed by atoms with Crippen molar-refractivity contribution in [3.8, 4) is 0 Å². The standard InChI is InChI=1S/C10H14O3/c1-5-3-8-7(4-9(12)13-8)10(5)6(2)11/h5,7-8,10H,3-4H2,1-2H3/t5-,7+,8-,10+/m1/s1. The molecule has 1 aliphatic carbocycles. The third kappa shape index (κ3) is 1.26. The molecule has 2 aliphatic rings. The highest BCUT2D eigenvalue weighted by Gasteiger charge is 2.50. The molecule has 0 aromatic heterocycles. The first-order valence-corrected chi connectivity index (χ1v) is 4.79. The van der Waals surface area contributed by atoms with Crippen LogP contribution in [0.15, 0.2) is 0 Å². The van der Waals surface area contributed by atoms with Gasteiger partial charge in [-0.05, 0) is 19.3 Å². The molecule has 1 saturated heterocycles. The number of carbonyl (C=O) groups is 2. The van der Waals surface area contributed by atoms with Crippen LogP contribution in [0.2, 0.25) is 0 Å². The van der Waals surface area contributed by atoms with E-state index in [-0.39, 0.29) is 29.7 Å². The number of hydrogen-bond acceptors (Lipinski definition) is 3. The Bertz CT molecular complexity index is 259. The Balaban J connectivity index is 2.19. The molecule has 0 radical (unpaired) electrons. The lowest BCUT2D eigenvalue weighted by atomic mass is 9.86. The summed E-state index contributed by atoms with van der Waals surface area (Å²) in [6.45, 7) is 3.69. The molecule has 0 aromatic carbocycles. The van der Waals surface area contributed by atoms with Crippen LogP contribution in [-0.2, 0) is 14.3 Å². The number of carbonyl (C=O) groups excluding carboxylic acids is 2. The molecule has 3 heteroatoms.